The fourth-order valence-corrected chi connectivity index (χ4v) is 5.07. The Morgan fingerprint density at radius 1 is 0.853 bits per heavy atom. The molecule has 0 radical (unpaired) electrons. The van der Waals surface area contributed by atoms with Crippen molar-refractivity contribution in [1.82, 2.24) is 20.0 Å². The largest absolute Gasteiger partial charge is 0.367 e. The van der Waals surface area contributed by atoms with Gasteiger partial charge in [-0.05, 0) is 12.1 Å². The molecule has 3 heterocycles. The summed E-state index contributed by atoms with van der Waals surface area (Å²) in [6.45, 7) is 11.0. The van der Waals surface area contributed by atoms with Crippen LogP contribution in [0.3, 0.4) is 0 Å². The van der Waals surface area contributed by atoms with Crippen molar-refractivity contribution >= 4 is 39.8 Å². The highest BCUT2D eigenvalue weighted by atomic mass is 35.5. The van der Waals surface area contributed by atoms with Crippen molar-refractivity contribution < 1.29 is 4.79 Å². The Bertz CT molecular complexity index is 1180. The first-order valence-electron chi connectivity index (χ1n) is 11.8. The number of rotatable bonds is 5. The van der Waals surface area contributed by atoms with Crippen molar-refractivity contribution in [2.45, 2.75) is 0 Å². The van der Waals surface area contributed by atoms with Crippen molar-refractivity contribution in [2.75, 3.05) is 68.7 Å². The molecule has 2 saturated heterocycles. The number of benzene rings is 2. The average Bonchev–Trinajstić information content (AvgIpc) is 2.89. The summed E-state index contributed by atoms with van der Waals surface area (Å²) in [5, 5.41) is 11.6. The van der Waals surface area contributed by atoms with Gasteiger partial charge in [-0.2, -0.15) is 0 Å². The number of halogens is 1. The van der Waals surface area contributed by atoms with E-state index in [2.05, 4.69) is 37.5 Å². The number of carbonyl (C=O) groups excluding carboxylic acids is 1. The Kier molecular flexibility index (Phi) is 6.65. The molecule has 0 atom stereocenters. The Hall–Kier alpha value is -3.16. The number of piperazine rings is 2. The number of anilines is 2. The first kappa shape index (κ1) is 22.6. The molecule has 0 aliphatic carbocycles. The van der Waals surface area contributed by atoms with Crippen LogP contribution in [0.25, 0.3) is 10.8 Å². The van der Waals surface area contributed by atoms with E-state index >= 15 is 0 Å². The third kappa shape index (κ3) is 4.45. The standard InChI is InChI=1S/C26H29ClN6O/c1-2-11-30-12-14-33(15-13-30)26(34)24-20-7-3-4-8-21(20)25(29-28-24)32-18-16-31(17-19-32)23-10-6-5-9-22(23)27/h2-10H,1,11-19H2. The number of nitrogens with zero attached hydrogens (tertiary/aromatic N) is 6. The molecule has 0 saturated carbocycles. The van der Waals surface area contributed by atoms with E-state index in [0.717, 1.165) is 73.1 Å². The Balaban J connectivity index is 1.35. The third-order valence-electron chi connectivity index (χ3n) is 6.69. The molecule has 3 aromatic rings. The molecule has 34 heavy (non-hydrogen) atoms. The molecule has 2 aliphatic rings. The molecule has 0 N–H and O–H groups in total. The van der Waals surface area contributed by atoms with Gasteiger partial charge in [0.05, 0.1) is 10.7 Å². The maximum atomic E-state index is 13.3. The van der Waals surface area contributed by atoms with Gasteiger partial charge in [0.1, 0.15) is 0 Å². The summed E-state index contributed by atoms with van der Waals surface area (Å²) in [7, 11) is 0. The molecule has 1 aromatic heterocycles. The van der Waals surface area contributed by atoms with Gasteiger partial charge >= 0.3 is 0 Å². The van der Waals surface area contributed by atoms with E-state index in [1.807, 2.05) is 53.4 Å². The van der Waals surface area contributed by atoms with Gasteiger partial charge in [-0.1, -0.05) is 54.1 Å². The van der Waals surface area contributed by atoms with E-state index in [-0.39, 0.29) is 5.91 Å². The third-order valence-corrected chi connectivity index (χ3v) is 7.01. The number of hydrogen-bond donors (Lipinski definition) is 0. The minimum absolute atomic E-state index is 0.0444. The van der Waals surface area contributed by atoms with Crippen molar-refractivity contribution in [3.8, 4) is 0 Å². The predicted molar refractivity (Wildman–Crippen MR) is 138 cm³/mol. The van der Waals surface area contributed by atoms with Gasteiger partial charge in [-0.3, -0.25) is 9.69 Å². The summed E-state index contributed by atoms with van der Waals surface area (Å²) in [5.74, 6) is 0.791. The summed E-state index contributed by atoms with van der Waals surface area (Å²) in [6.07, 6.45) is 1.91. The molecule has 0 unspecified atom stereocenters. The summed E-state index contributed by atoms with van der Waals surface area (Å²) in [6, 6.07) is 15.9. The molecule has 2 aliphatic heterocycles. The van der Waals surface area contributed by atoms with Crippen LogP contribution in [0.2, 0.25) is 5.02 Å². The van der Waals surface area contributed by atoms with E-state index in [9.17, 15) is 4.79 Å². The van der Waals surface area contributed by atoms with Gasteiger partial charge in [-0.25, -0.2) is 0 Å². The molecule has 1 amide bonds. The van der Waals surface area contributed by atoms with Crippen molar-refractivity contribution in [2.24, 2.45) is 0 Å². The molecule has 0 spiro atoms. The van der Waals surface area contributed by atoms with Crippen molar-refractivity contribution in [3.63, 3.8) is 0 Å². The molecule has 8 heteroatoms. The highest BCUT2D eigenvalue weighted by Gasteiger charge is 2.27. The highest BCUT2D eigenvalue weighted by Crippen LogP contribution is 2.30. The van der Waals surface area contributed by atoms with E-state index < -0.39 is 0 Å². The fraction of sp³-hybridized carbons (Fsp3) is 0.346. The van der Waals surface area contributed by atoms with Crippen molar-refractivity contribution in [1.29, 1.82) is 0 Å². The van der Waals surface area contributed by atoms with Crippen LogP contribution in [-0.4, -0.2) is 84.8 Å². The topological polar surface area (TPSA) is 55.8 Å². The Morgan fingerprint density at radius 3 is 2.21 bits per heavy atom. The van der Waals surface area contributed by atoms with Crippen LogP contribution in [0.1, 0.15) is 10.5 Å². The summed E-state index contributed by atoms with van der Waals surface area (Å²) in [5.41, 5.74) is 1.50. The van der Waals surface area contributed by atoms with Gasteiger partial charge in [0.15, 0.2) is 11.5 Å². The van der Waals surface area contributed by atoms with E-state index in [0.29, 0.717) is 18.8 Å². The summed E-state index contributed by atoms with van der Waals surface area (Å²) < 4.78 is 0. The van der Waals surface area contributed by atoms with Crippen LogP contribution >= 0.6 is 11.6 Å². The van der Waals surface area contributed by atoms with E-state index in [1.54, 1.807) is 0 Å². The van der Waals surface area contributed by atoms with Gasteiger partial charge in [-0.15, -0.1) is 16.8 Å². The predicted octanol–water partition coefficient (Wildman–Crippen LogP) is 3.55. The molecular formula is C26H29ClN6O. The normalized spacial score (nSPS) is 17.3. The van der Waals surface area contributed by atoms with Crippen LogP contribution in [0.4, 0.5) is 11.5 Å². The maximum absolute atomic E-state index is 13.3. The van der Waals surface area contributed by atoms with Crippen LogP contribution < -0.4 is 9.80 Å². The number of aromatic nitrogens is 2. The summed E-state index contributed by atoms with van der Waals surface area (Å²) in [4.78, 5) is 22.1. The second kappa shape index (κ2) is 9.99. The van der Waals surface area contributed by atoms with Crippen LogP contribution in [0.15, 0.2) is 61.2 Å². The van der Waals surface area contributed by atoms with Gasteiger partial charge in [0.2, 0.25) is 0 Å². The summed E-state index contributed by atoms with van der Waals surface area (Å²) >= 11 is 6.40. The zero-order chi connectivity index (χ0) is 23.5. The zero-order valence-corrected chi connectivity index (χ0v) is 20.0. The number of para-hydroxylation sites is 1. The van der Waals surface area contributed by atoms with Gasteiger partial charge < -0.3 is 14.7 Å². The van der Waals surface area contributed by atoms with Crippen LogP contribution in [-0.2, 0) is 0 Å². The molecule has 5 rings (SSSR count). The lowest BCUT2D eigenvalue weighted by atomic mass is 10.1. The van der Waals surface area contributed by atoms with E-state index in [4.69, 9.17) is 11.6 Å². The SMILES string of the molecule is C=CCN1CCN(C(=O)c2nnc(N3CCN(c4ccccc4Cl)CC3)c3ccccc23)CC1. The number of fused-ring (bicyclic) bond motifs is 1. The number of carbonyl (C=O) groups is 1. The molecule has 2 fully saturated rings. The number of hydrogen-bond acceptors (Lipinski definition) is 6. The second-order valence-corrected chi connectivity index (χ2v) is 9.13. The minimum atomic E-state index is -0.0444. The molecule has 0 bridgehead atoms. The molecule has 2 aromatic carbocycles. The molecule has 176 valence electrons. The first-order chi connectivity index (χ1) is 16.7. The van der Waals surface area contributed by atoms with Gasteiger partial charge in [0.25, 0.3) is 5.91 Å². The zero-order valence-electron chi connectivity index (χ0n) is 19.2. The fourth-order valence-electron chi connectivity index (χ4n) is 4.81. The van der Waals surface area contributed by atoms with Crippen LogP contribution in [0.5, 0.6) is 0 Å². The lowest BCUT2D eigenvalue weighted by Crippen LogP contribution is -2.49. The molecular weight excluding hydrogens is 448 g/mol. The second-order valence-electron chi connectivity index (χ2n) is 8.72. The van der Waals surface area contributed by atoms with E-state index in [1.165, 1.54) is 0 Å². The van der Waals surface area contributed by atoms with Crippen molar-refractivity contribution in [3.05, 3.63) is 71.9 Å². The lowest BCUT2D eigenvalue weighted by molar-refractivity contribution is 0.0645. The van der Waals surface area contributed by atoms with Crippen LogP contribution in [0, 0.1) is 0 Å². The lowest BCUT2D eigenvalue weighted by Gasteiger charge is -2.37. The van der Waals surface area contributed by atoms with Gasteiger partial charge in [0, 0.05) is 69.7 Å². The minimum Gasteiger partial charge on any atom is -0.367 e. The maximum Gasteiger partial charge on any atom is 0.275 e. The monoisotopic (exact) mass is 476 g/mol. The Morgan fingerprint density at radius 2 is 1.50 bits per heavy atom. The first-order valence-corrected chi connectivity index (χ1v) is 12.2. The molecule has 7 nitrogen and oxygen atoms in total. The highest BCUT2D eigenvalue weighted by molar-refractivity contribution is 6.33. The average molecular weight is 477 g/mol. The number of amides is 1. The Labute approximate surface area is 205 Å². The smallest absolute Gasteiger partial charge is 0.275 e. The quantitative estimate of drug-likeness (QED) is 0.525.